The van der Waals surface area contributed by atoms with Crippen molar-refractivity contribution in [2.24, 2.45) is 5.73 Å². The molecule has 0 heterocycles. The predicted molar refractivity (Wildman–Crippen MR) is 45.8 cm³/mol. The molecule has 2 atom stereocenters. The van der Waals surface area contributed by atoms with Crippen molar-refractivity contribution >= 4 is 5.97 Å². The molecule has 0 saturated heterocycles. The monoisotopic (exact) mass is 209 g/mol. The SMILES string of the molecule is CC(O)C(N)CC/C(F)=C(\F)C(=O)O. The molecule has 0 radical (unpaired) electrons. The van der Waals surface area contributed by atoms with Crippen LogP contribution in [0.15, 0.2) is 11.7 Å². The van der Waals surface area contributed by atoms with Crippen molar-refractivity contribution < 1.29 is 23.8 Å². The van der Waals surface area contributed by atoms with Gasteiger partial charge < -0.3 is 15.9 Å². The third kappa shape index (κ3) is 4.29. The van der Waals surface area contributed by atoms with Gasteiger partial charge in [-0.2, -0.15) is 4.39 Å². The van der Waals surface area contributed by atoms with Crippen molar-refractivity contribution in [1.29, 1.82) is 0 Å². The number of carboxylic acids is 1. The highest BCUT2D eigenvalue weighted by molar-refractivity contribution is 5.84. The van der Waals surface area contributed by atoms with Crippen LogP contribution in [0, 0.1) is 0 Å². The molecule has 0 saturated carbocycles. The lowest BCUT2D eigenvalue weighted by atomic mass is 10.1. The lowest BCUT2D eigenvalue weighted by molar-refractivity contribution is -0.134. The van der Waals surface area contributed by atoms with Gasteiger partial charge in [-0.1, -0.05) is 0 Å². The highest BCUT2D eigenvalue weighted by Gasteiger charge is 2.16. The fourth-order valence-electron chi connectivity index (χ4n) is 0.760. The highest BCUT2D eigenvalue weighted by atomic mass is 19.2. The summed E-state index contributed by atoms with van der Waals surface area (Å²) in [6.07, 6.45) is -1.27. The van der Waals surface area contributed by atoms with Gasteiger partial charge in [-0.05, 0) is 13.3 Å². The van der Waals surface area contributed by atoms with Gasteiger partial charge >= 0.3 is 5.97 Å². The summed E-state index contributed by atoms with van der Waals surface area (Å²) < 4.78 is 25.0. The summed E-state index contributed by atoms with van der Waals surface area (Å²) in [5, 5.41) is 17.0. The second-order valence-electron chi connectivity index (χ2n) is 2.97. The summed E-state index contributed by atoms with van der Waals surface area (Å²) in [4.78, 5) is 9.97. The van der Waals surface area contributed by atoms with Gasteiger partial charge in [0.2, 0.25) is 5.83 Å². The summed E-state index contributed by atoms with van der Waals surface area (Å²) in [5.74, 6) is -5.09. The number of aliphatic carboxylic acids is 1. The molecule has 0 bridgehead atoms. The van der Waals surface area contributed by atoms with Crippen molar-refractivity contribution in [3.63, 3.8) is 0 Å². The Balaban J connectivity index is 4.14. The van der Waals surface area contributed by atoms with E-state index in [0.717, 1.165) is 0 Å². The van der Waals surface area contributed by atoms with E-state index in [0.29, 0.717) is 0 Å². The first kappa shape index (κ1) is 13.0. The van der Waals surface area contributed by atoms with Crippen LogP contribution in [0.25, 0.3) is 0 Å². The summed E-state index contributed by atoms with van der Waals surface area (Å²) in [6.45, 7) is 1.42. The maximum atomic E-state index is 12.7. The van der Waals surface area contributed by atoms with E-state index in [2.05, 4.69) is 0 Å². The molecule has 0 aromatic heterocycles. The van der Waals surface area contributed by atoms with E-state index in [4.69, 9.17) is 15.9 Å². The van der Waals surface area contributed by atoms with Crippen LogP contribution in [0.1, 0.15) is 19.8 Å². The summed E-state index contributed by atoms with van der Waals surface area (Å²) in [5.41, 5.74) is 5.33. The largest absolute Gasteiger partial charge is 0.476 e. The fraction of sp³-hybridized carbons (Fsp3) is 0.625. The Morgan fingerprint density at radius 1 is 1.50 bits per heavy atom. The molecule has 0 aromatic rings. The maximum Gasteiger partial charge on any atom is 0.367 e. The average Bonchev–Trinajstić information content (AvgIpc) is 2.11. The summed E-state index contributed by atoms with van der Waals surface area (Å²) in [7, 11) is 0. The normalized spacial score (nSPS) is 17.2. The maximum absolute atomic E-state index is 12.7. The van der Waals surface area contributed by atoms with Gasteiger partial charge in [0.05, 0.1) is 6.10 Å². The molecule has 2 unspecified atom stereocenters. The number of aliphatic hydroxyl groups is 1. The molecule has 0 aliphatic carbocycles. The highest BCUT2D eigenvalue weighted by Crippen LogP contribution is 2.15. The van der Waals surface area contributed by atoms with Crippen molar-refractivity contribution in [3.05, 3.63) is 11.7 Å². The van der Waals surface area contributed by atoms with Crippen LogP contribution in [0.5, 0.6) is 0 Å². The Bertz CT molecular complexity index is 241. The number of hydrogen-bond donors (Lipinski definition) is 3. The van der Waals surface area contributed by atoms with Gasteiger partial charge in [-0.15, -0.1) is 0 Å². The molecule has 0 spiro atoms. The zero-order valence-electron chi connectivity index (χ0n) is 7.70. The Morgan fingerprint density at radius 2 is 2.00 bits per heavy atom. The van der Waals surface area contributed by atoms with Gasteiger partial charge in [0.1, 0.15) is 5.83 Å². The number of halogens is 2. The molecular weight excluding hydrogens is 196 g/mol. The van der Waals surface area contributed by atoms with Crippen molar-refractivity contribution in [2.45, 2.75) is 31.9 Å². The van der Waals surface area contributed by atoms with Crippen molar-refractivity contribution in [3.8, 4) is 0 Å². The van der Waals surface area contributed by atoms with E-state index < -0.39 is 36.2 Å². The zero-order chi connectivity index (χ0) is 11.3. The van der Waals surface area contributed by atoms with Crippen LogP contribution < -0.4 is 5.73 Å². The number of aliphatic hydroxyl groups excluding tert-OH is 1. The van der Waals surface area contributed by atoms with Crippen molar-refractivity contribution in [2.75, 3.05) is 0 Å². The molecule has 4 N–H and O–H groups in total. The quantitative estimate of drug-likeness (QED) is 0.582. The molecule has 14 heavy (non-hydrogen) atoms. The number of nitrogens with two attached hydrogens (primary N) is 1. The number of rotatable bonds is 5. The Labute approximate surface area is 80.0 Å². The van der Waals surface area contributed by atoms with Gasteiger partial charge in [0.25, 0.3) is 0 Å². The van der Waals surface area contributed by atoms with Crippen LogP contribution in [0.3, 0.4) is 0 Å². The second kappa shape index (κ2) is 5.66. The van der Waals surface area contributed by atoms with E-state index >= 15 is 0 Å². The third-order valence-corrected chi connectivity index (χ3v) is 1.74. The first-order valence-corrected chi connectivity index (χ1v) is 4.07. The van der Waals surface area contributed by atoms with Gasteiger partial charge in [-0.3, -0.25) is 0 Å². The summed E-state index contributed by atoms with van der Waals surface area (Å²) >= 11 is 0. The molecule has 0 aromatic carbocycles. The van der Waals surface area contributed by atoms with E-state index in [9.17, 15) is 13.6 Å². The van der Waals surface area contributed by atoms with Crippen LogP contribution in [-0.4, -0.2) is 28.3 Å². The van der Waals surface area contributed by atoms with Crippen LogP contribution in [-0.2, 0) is 4.79 Å². The fourth-order valence-corrected chi connectivity index (χ4v) is 0.760. The van der Waals surface area contributed by atoms with Gasteiger partial charge in [0, 0.05) is 12.5 Å². The molecular formula is C8H13F2NO3. The molecule has 0 amide bonds. The Hall–Kier alpha value is -1.01. The first-order valence-electron chi connectivity index (χ1n) is 4.07. The third-order valence-electron chi connectivity index (χ3n) is 1.74. The topological polar surface area (TPSA) is 83.5 Å². The first-order chi connectivity index (χ1) is 6.36. The van der Waals surface area contributed by atoms with Crippen molar-refractivity contribution in [1.82, 2.24) is 0 Å². The minimum Gasteiger partial charge on any atom is -0.476 e. The molecule has 0 aliphatic rings. The van der Waals surface area contributed by atoms with Crippen LogP contribution in [0.4, 0.5) is 8.78 Å². The number of allylic oxidation sites excluding steroid dienone is 1. The Kier molecular flexibility index (Phi) is 5.26. The van der Waals surface area contributed by atoms with Crippen LogP contribution in [0.2, 0.25) is 0 Å². The lowest BCUT2D eigenvalue weighted by Crippen LogP contribution is -2.32. The summed E-state index contributed by atoms with van der Waals surface area (Å²) in [6, 6.07) is -0.692. The minimum absolute atomic E-state index is 0.00972. The molecule has 6 heteroatoms. The van der Waals surface area contributed by atoms with Gasteiger partial charge in [0.15, 0.2) is 0 Å². The van der Waals surface area contributed by atoms with E-state index in [1.807, 2.05) is 0 Å². The number of hydrogen-bond acceptors (Lipinski definition) is 3. The molecule has 0 aliphatic heterocycles. The number of carbonyl (C=O) groups is 1. The second-order valence-corrected chi connectivity index (χ2v) is 2.97. The molecule has 82 valence electrons. The average molecular weight is 209 g/mol. The number of carboxylic acid groups (broad SMARTS) is 1. The smallest absolute Gasteiger partial charge is 0.367 e. The van der Waals surface area contributed by atoms with E-state index in [1.165, 1.54) is 6.92 Å². The molecule has 4 nitrogen and oxygen atoms in total. The van der Waals surface area contributed by atoms with E-state index in [1.54, 1.807) is 0 Å². The van der Waals surface area contributed by atoms with Gasteiger partial charge in [-0.25, -0.2) is 9.18 Å². The van der Waals surface area contributed by atoms with Crippen LogP contribution >= 0.6 is 0 Å². The van der Waals surface area contributed by atoms with E-state index in [-0.39, 0.29) is 6.42 Å². The molecule has 0 fully saturated rings. The zero-order valence-corrected chi connectivity index (χ0v) is 7.70. The molecule has 0 rings (SSSR count). The predicted octanol–water partition coefficient (Wildman–Crippen LogP) is 0.710. The minimum atomic E-state index is -1.94. The standard InChI is InChI=1S/C8H13F2NO3/c1-4(12)6(11)3-2-5(9)7(10)8(13)14/h4,6,12H,2-3,11H2,1H3,(H,13,14)/b7-5+. The Morgan fingerprint density at radius 3 is 2.36 bits per heavy atom. The lowest BCUT2D eigenvalue weighted by Gasteiger charge is -2.13.